The summed E-state index contributed by atoms with van der Waals surface area (Å²) in [7, 11) is 0. The van der Waals surface area contributed by atoms with Gasteiger partial charge in [0, 0.05) is 18.2 Å². The molecule has 32 heavy (non-hydrogen) atoms. The molecule has 0 radical (unpaired) electrons. The fraction of sp³-hybridized carbons (Fsp3) is 0.200. The van der Waals surface area contributed by atoms with Crippen LogP contribution >= 0.6 is 0 Å². The lowest BCUT2D eigenvalue weighted by Crippen LogP contribution is -2.36. The van der Waals surface area contributed by atoms with E-state index in [1.807, 2.05) is 74.5 Å². The SMILES string of the molecule is CC(C)n1ncc2c(C(=O)NCC(=O)NCc3ccccc3)cc(-c3ccccc3)nc21. The van der Waals surface area contributed by atoms with Gasteiger partial charge in [0.15, 0.2) is 5.65 Å². The van der Waals surface area contributed by atoms with Crippen molar-refractivity contribution in [1.29, 1.82) is 0 Å². The van der Waals surface area contributed by atoms with Gasteiger partial charge in [0.05, 0.1) is 29.4 Å². The Kier molecular flexibility index (Phi) is 6.26. The number of carbonyl (C=O) groups excluding carboxylic acids is 2. The number of amides is 2. The van der Waals surface area contributed by atoms with Crippen LogP contribution in [0.3, 0.4) is 0 Å². The van der Waals surface area contributed by atoms with Crippen LogP contribution in [0.4, 0.5) is 0 Å². The Morgan fingerprint density at radius 2 is 1.66 bits per heavy atom. The van der Waals surface area contributed by atoms with Crippen LogP contribution in [0.1, 0.15) is 35.8 Å². The van der Waals surface area contributed by atoms with Crippen molar-refractivity contribution in [2.24, 2.45) is 0 Å². The van der Waals surface area contributed by atoms with Crippen molar-refractivity contribution in [3.05, 3.63) is 84.1 Å². The Labute approximate surface area is 186 Å². The molecule has 2 N–H and O–H groups in total. The van der Waals surface area contributed by atoms with Crippen molar-refractivity contribution < 1.29 is 9.59 Å². The highest BCUT2D eigenvalue weighted by atomic mass is 16.2. The van der Waals surface area contributed by atoms with Crippen LogP contribution in [0.2, 0.25) is 0 Å². The molecule has 0 aliphatic carbocycles. The molecule has 2 heterocycles. The predicted octanol–water partition coefficient (Wildman–Crippen LogP) is 3.73. The zero-order chi connectivity index (χ0) is 22.5. The van der Waals surface area contributed by atoms with Crippen molar-refractivity contribution >= 4 is 22.8 Å². The second-order valence-corrected chi connectivity index (χ2v) is 7.79. The third-order valence-electron chi connectivity index (χ3n) is 5.11. The highest BCUT2D eigenvalue weighted by molar-refractivity contribution is 6.07. The zero-order valence-corrected chi connectivity index (χ0v) is 18.1. The van der Waals surface area contributed by atoms with E-state index in [4.69, 9.17) is 4.98 Å². The number of hydrogen-bond acceptors (Lipinski definition) is 4. The molecule has 4 aromatic rings. The van der Waals surface area contributed by atoms with E-state index in [1.54, 1.807) is 16.9 Å². The van der Waals surface area contributed by atoms with Crippen LogP contribution in [0.15, 0.2) is 72.9 Å². The first kappa shape index (κ1) is 21.2. The molecule has 0 saturated heterocycles. The van der Waals surface area contributed by atoms with E-state index in [0.29, 0.717) is 28.8 Å². The largest absolute Gasteiger partial charge is 0.350 e. The minimum absolute atomic E-state index is 0.0886. The maximum absolute atomic E-state index is 13.0. The van der Waals surface area contributed by atoms with Gasteiger partial charge >= 0.3 is 0 Å². The van der Waals surface area contributed by atoms with E-state index < -0.39 is 0 Å². The number of nitrogens with one attached hydrogen (secondary N) is 2. The van der Waals surface area contributed by atoms with E-state index in [9.17, 15) is 9.59 Å². The molecule has 2 aromatic carbocycles. The van der Waals surface area contributed by atoms with Gasteiger partial charge in [-0.3, -0.25) is 9.59 Å². The van der Waals surface area contributed by atoms with E-state index in [1.165, 1.54) is 0 Å². The summed E-state index contributed by atoms with van der Waals surface area (Å²) >= 11 is 0. The Morgan fingerprint density at radius 1 is 0.969 bits per heavy atom. The van der Waals surface area contributed by atoms with Crippen molar-refractivity contribution in [1.82, 2.24) is 25.4 Å². The predicted molar refractivity (Wildman–Crippen MR) is 124 cm³/mol. The van der Waals surface area contributed by atoms with Gasteiger partial charge in [-0.2, -0.15) is 5.10 Å². The molecule has 162 valence electrons. The molecule has 0 aliphatic heterocycles. The van der Waals surface area contributed by atoms with Crippen LogP contribution in [-0.4, -0.2) is 33.1 Å². The lowest BCUT2D eigenvalue weighted by atomic mass is 10.1. The maximum Gasteiger partial charge on any atom is 0.252 e. The van der Waals surface area contributed by atoms with E-state index >= 15 is 0 Å². The van der Waals surface area contributed by atoms with Gasteiger partial charge in [0.1, 0.15) is 0 Å². The quantitative estimate of drug-likeness (QED) is 0.470. The smallest absolute Gasteiger partial charge is 0.252 e. The second kappa shape index (κ2) is 9.43. The molecule has 2 aromatic heterocycles. The maximum atomic E-state index is 13.0. The van der Waals surface area contributed by atoms with Gasteiger partial charge < -0.3 is 10.6 Å². The molecule has 0 fully saturated rings. The van der Waals surface area contributed by atoms with Gasteiger partial charge in [-0.05, 0) is 25.5 Å². The van der Waals surface area contributed by atoms with Crippen molar-refractivity contribution in [2.45, 2.75) is 26.4 Å². The minimum Gasteiger partial charge on any atom is -0.350 e. The summed E-state index contributed by atoms with van der Waals surface area (Å²) in [4.78, 5) is 30.1. The van der Waals surface area contributed by atoms with E-state index in [0.717, 1.165) is 11.1 Å². The van der Waals surface area contributed by atoms with Crippen LogP contribution in [0.5, 0.6) is 0 Å². The van der Waals surface area contributed by atoms with Gasteiger partial charge in [0.2, 0.25) is 5.91 Å². The Balaban J connectivity index is 1.55. The number of carbonyl (C=O) groups is 2. The van der Waals surface area contributed by atoms with Gasteiger partial charge in [-0.25, -0.2) is 9.67 Å². The highest BCUT2D eigenvalue weighted by Gasteiger charge is 2.19. The van der Waals surface area contributed by atoms with Gasteiger partial charge in [-0.1, -0.05) is 60.7 Å². The first-order valence-electron chi connectivity index (χ1n) is 10.6. The Hall–Kier alpha value is -4.00. The highest BCUT2D eigenvalue weighted by Crippen LogP contribution is 2.26. The fourth-order valence-electron chi connectivity index (χ4n) is 3.46. The van der Waals surface area contributed by atoms with Crippen molar-refractivity contribution in [3.63, 3.8) is 0 Å². The summed E-state index contributed by atoms with van der Waals surface area (Å²) in [5, 5.41) is 10.6. The lowest BCUT2D eigenvalue weighted by molar-refractivity contribution is -0.120. The van der Waals surface area contributed by atoms with Crippen LogP contribution in [0.25, 0.3) is 22.3 Å². The number of nitrogens with zero attached hydrogens (tertiary/aromatic N) is 3. The number of rotatable bonds is 7. The van der Waals surface area contributed by atoms with E-state index in [-0.39, 0.29) is 24.4 Å². The van der Waals surface area contributed by atoms with Gasteiger partial charge in [0.25, 0.3) is 5.91 Å². The molecule has 7 nitrogen and oxygen atoms in total. The standard InChI is InChI=1S/C25H25N5O2/c1-17(2)30-24-21(15-28-30)20(13-22(29-24)19-11-7-4-8-12-19)25(32)27-16-23(31)26-14-18-9-5-3-6-10-18/h3-13,15,17H,14,16H2,1-2H3,(H,26,31)(H,27,32). The van der Waals surface area contributed by atoms with E-state index in [2.05, 4.69) is 15.7 Å². The summed E-state index contributed by atoms with van der Waals surface area (Å²) in [6, 6.07) is 21.1. The summed E-state index contributed by atoms with van der Waals surface area (Å²) in [5.74, 6) is -0.596. The topological polar surface area (TPSA) is 88.9 Å². The molecule has 0 unspecified atom stereocenters. The summed E-state index contributed by atoms with van der Waals surface area (Å²) < 4.78 is 1.80. The molecular formula is C25H25N5O2. The molecule has 2 amide bonds. The monoisotopic (exact) mass is 427 g/mol. The second-order valence-electron chi connectivity index (χ2n) is 7.79. The normalized spacial score (nSPS) is 11.0. The van der Waals surface area contributed by atoms with Crippen molar-refractivity contribution in [2.75, 3.05) is 6.54 Å². The lowest BCUT2D eigenvalue weighted by Gasteiger charge is -2.11. The number of hydrogen-bond donors (Lipinski definition) is 2. The summed E-state index contributed by atoms with van der Waals surface area (Å²) in [6.45, 7) is 4.32. The summed E-state index contributed by atoms with van der Waals surface area (Å²) in [5.41, 5.74) is 3.66. The third kappa shape index (κ3) is 4.67. The third-order valence-corrected chi connectivity index (χ3v) is 5.11. The van der Waals surface area contributed by atoms with Crippen molar-refractivity contribution in [3.8, 4) is 11.3 Å². The molecule has 0 saturated carbocycles. The number of pyridine rings is 1. The first-order chi connectivity index (χ1) is 15.5. The summed E-state index contributed by atoms with van der Waals surface area (Å²) in [6.07, 6.45) is 1.65. The average Bonchev–Trinajstić information content (AvgIpc) is 3.26. The Morgan fingerprint density at radius 3 is 2.34 bits per heavy atom. The van der Waals surface area contributed by atoms with Crippen LogP contribution in [-0.2, 0) is 11.3 Å². The molecule has 0 atom stereocenters. The van der Waals surface area contributed by atoms with Crippen LogP contribution < -0.4 is 10.6 Å². The molecular weight excluding hydrogens is 402 g/mol. The molecule has 0 spiro atoms. The van der Waals surface area contributed by atoms with Gasteiger partial charge in [-0.15, -0.1) is 0 Å². The zero-order valence-electron chi connectivity index (χ0n) is 18.1. The number of fused-ring (bicyclic) bond motifs is 1. The Bertz CT molecular complexity index is 1230. The molecule has 0 bridgehead atoms. The van der Waals surface area contributed by atoms with Crippen LogP contribution in [0, 0.1) is 0 Å². The number of aromatic nitrogens is 3. The molecule has 0 aliphatic rings. The minimum atomic E-state index is -0.340. The molecule has 7 heteroatoms. The average molecular weight is 428 g/mol. The first-order valence-corrected chi connectivity index (χ1v) is 10.6. The fourth-order valence-corrected chi connectivity index (χ4v) is 3.46. The molecule has 4 rings (SSSR count). The number of benzene rings is 2.